The summed E-state index contributed by atoms with van der Waals surface area (Å²) < 4.78 is 13.3. The van der Waals surface area contributed by atoms with Gasteiger partial charge in [-0.1, -0.05) is 54.2 Å². The molecule has 3 aromatic rings. The van der Waals surface area contributed by atoms with Crippen LogP contribution in [0.1, 0.15) is 17.2 Å². The van der Waals surface area contributed by atoms with Gasteiger partial charge < -0.3 is 9.80 Å². The van der Waals surface area contributed by atoms with Gasteiger partial charge in [0, 0.05) is 37.4 Å². The van der Waals surface area contributed by atoms with Crippen molar-refractivity contribution in [2.75, 3.05) is 36.8 Å². The second-order valence-electron chi connectivity index (χ2n) is 9.00. The lowest BCUT2D eigenvalue weighted by Crippen LogP contribution is -2.49. The summed E-state index contributed by atoms with van der Waals surface area (Å²) in [5, 5.41) is 0.593. The Balaban J connectivity index is 1.18. The van der Waals surface area contributed by atoms with Crippen LogP contribution in [-0.2, 0) is 9.59 Å². The quantitative estimate of drug-likeness (QED) is 0.522. The van der Waals surface area contributed by atoms with Crippen molar-refractivity contribution in [1.29, 1.82) is 0 Å². The highest BCUT2D eigenvalue weighted by atomic mass is 32.2. The summed E-state index contributed by atoms with van der Waals surface area (Å²) in [4.78, 5) is 41.3. The van der Waals surface area contributed by atoms with Crippen molar-refractivity contribution in [3.05, 3.63) is 95.8 Å². The molecule has 0 aliphatic carbocycles. The van der Waals surface area contributed by atoms with Crippen LogP contribution in [0.3, 0.4) is 0 Å². The fraction of sp³-hybridized carbons (Fsp3) is 0.214. The van der Waals surface area contributed by atoms with Crippen LogP contribution >= 0.6 is 11.8 Å². The molecule has 0 bridgehead atoms. The van der Waals surface area contributed by atoms with Crippen molar-refractivity contribution in [2.24, 2.45) is 9.98 Å². The predicted octanol–water partition coefficient (Wildman–Crippen LogP) is 4.24. The number of fused-ring (bicyclic) bond motifs is 3. The minimum absolute atomic E-state index is 0.0191. The Kier molecular flexibility index (Phi) is 6.21. The molecular formula is C28H24FN5O2S. The summed E-state index contributed by atoms with van der Waals surface area (Å²) in [5.74, 6) is 0.300. The number of carbonyl (C=O) groups excluding carboxylic acids is 2. The molecule has 0 aromatic heterocycles. The van der Waals surface area contributed by atoms with Gasteiger partial charge in [-0.15, -0.1) is 0 Å². The summed E-state index contributed by atoms with van der Waals surface area (Å²) in [6, 6.07) is 23.0. The molecule has 0 radical (unpaired) electrons. The van der Waals surface area contributed by atoms with Gasteiger partial charge in [0.1, 0.15) is 17.7 Å². The lowest BCUT2D eigenvalue weighted by atomic mass is 10.0. The molecule has 0 spiro atoms. The zero-order valence-electron chi connectivity index (χ0n) is 20.0. The van der Waals surface area contributed by atoms with E-state index in [2.05, 4.69) is 9.89 Å². The Bertz CT molecular complexity index is 1400. The summed E-state index contributed by atoms with van der Waals surface area (Å²) in [5.41, 5.74) is 3.33. The second-order valence-corrected chi connectivity index (χ2v) is 9.94. The zero-order valence-corrected chi connectivity index (χ0v) is 20.8. The average Bonchev–Trinajstić information content (AvgIpc) is 3.30. The van der Waals surface area contributed by atoms with Crippen LogP contribution in [-0.4, -0.2) is 64.5 Å². The lowest BCUT2D eigenvalue weighted by molar-refractivity contribution is -0.128. The number of para-hydroxylation sites is 1. The number of amides is 2. The van der Waals surface area contributed by atoms with Gasteiger partial charge in [0.15, 0.2) is 5.17 Å². The molecular weight excluding hydrogens is 489 g/mol. The van der Waals surface area contributed by atoms with Crippen LogP contribution in [0.15, 0.2) is 88.8 Å². The van der Waals surface area contributed by atoms with Crippen LogP contribution in [0.4, 0.5) is 15.8 Å². The van der Waals surface area contributed by atoms with E-state index < -0.39 is 6.04 Å². The molecule has 3 heterocycles. The third-order valence-corrected chi connectivity index (χ3v) is 7.71. The molecule has 1 atom stereocenters. The molecule has 3 aliphatic heterocycles. The molecule has 1 fully saturated rings. The number of thioether (sulfide) groups is 1. The Morgan fingerprint density at radius 2 is 1.59 bits per heavy atom. The molecule has 2 amide bonds. The van der Waals surface area contributed by atoms with Gasteiger partial charge in [-0.3, -0.25) is 14.5 Å². The van der Waals surface area contributed by atoms with E-state index in [1.165, 1.54) is 23.9 Å². The van der Waals surface area contributed by atoms with Crippen molar-refractivity contribution >= 4 is 46.0 Å². The van der Waals surface area contributed by atoms with Gasteiger partial charge in [-0.2, -0.15) is 4.99 Å². The predicted molar refractivity (Wildman–Crippen MR) is 144 cm³/mol. The fourth-order valence-corrected chi connectivity index (χ4v) is 5.80. The topological polar surface area (TPSA) is 68.6 Å². The molecule has 3 aromatic carbocycles. The van der Waals surface area contributed by atoms with Crippen LogP contribution < -0.4 is 4.90 Å². The van der Waals surface area contributed by atoms with Crippen LogP contribution in [0.25, 0.3) is 0 Å². The Labute approximate surface area is 218 Å². The number of carbonyl (C=O) groups is 2. The van der Waals surface area contributed by atoms with E-state index in [1.54, 1.807) is 12.1 Å². The summed E-state index contributed by atoms with van der Waals surface area (Å²) in [6.45, 7) is 2.55. The highest BCUT2D eigenvalue weighted by Gasteiger charge is 2.42. The molecule has 37 heavy (non-hydrogen) atoms. The smallest absolute Gasteiger partial charge is 0.275 e. The van der Waals surface area contributed by atoms with Crippen molar-refractivity contribution < 1.29 is 14.0 Å². The van der Waals surface area contributed by atoms with E-state index in [1.807, 2.05) is 64.4 Å². The van der Waals surface area contributed by atoms with Crippen molar-refractivity contribution in [3.63, 3.8) is 0 Å². The number of anilines is 1. The Hall–Kier alpha value is -3.98. The number of benzene rings is 3. The maximum Gasteiger partial charge on any atom is 0.275 e. The largest absolute Gasteiger partial charge is 0.368 e. The second kappa shape index (κ2) is 9.82. The van der Waals surface area contributed by atoms with Gasteiger partial charge in [-0.25, -0.2) is 9.38 Å². The minimum atomic E-state index is -0.606. The molecule has 1 saturated heterocycles. The molecule has 0 N–H and O–H groups in total. The number of rotatable bonds is 4. The van der Waals surface area contributed by atoms with Gasteiger partial charge in [0.2, 0.25) is 5.91 Å². The van der Waals surface area contributed by atoms with Crippen LogP contribution in [0.2, 0.25) is 0 Å². The normalized spacial score (nSPS) is 18.8. The minimum Gasteiger partial charge on any atom is -0.368 e. The number of halogens is 1. The van der Waals surface area contributed by atoms with E-state index in [0.717, 1.165) is 22.5 Å². The Morgan fingerprint density at radius 3 is 2.35 bits per heavy atom. The first-order valence-electron chi connectivity index (χ1n) is 12.1. The van der Waals surface area contributed by atoms with Crippen molar-refractivity contribution in [3.8, 4) is 0 Å². The SMILES string of the molecule is O=C1N=C2c3ccccc3N=C(SCC(=O)N3CCN(c4ccc(F)cc4)CC3)N2C1c1ccccc1. The standard InChI is InChI=1S/C28H24FN5O2S/c29-20-10-12-21(13-11-20)32-14-16-33(17-15-32)24(35)18-37-28-30-23-9-5-4-8-22(23)26-31-27(36)25(34(26)28)19-6-2-1-3-7-19/h1-13,25H,14-18H2. The summed E-state index contributed by atoms with van der Waals surface area (Å²) in [7, 11) is 0. The molecule has 186 valence electrons. The molecule has 6 rings (SSSR count). The molecule has 1 unspecified atom stereocenters. The van der Waals surface area contributed by atoms with Crippen molar-refractivity contribution in [1.82, 2.24) is 9.80 Å². The highest BCUT2D eigenvalue weighted by molar-refractivity contribution is 8.14. The first-order chi connectivity index (χ1) is 18.1. The third-order valence-electron chi connectivity index (χ3n) is 6.77. The molecule has 3 aliphatic rings. The zero-order chi connectivity index (χ0) is 25.4. The van der Waals surface area contributed by atoms with E-state index in [0.29, 0.717) is 37.2 Å². The van der Waals surface area contributed by atoms with Crippen molar-refractivity contribution in [2.45, 2.75) is 6.04 Å². The molecule has 0 saturated carbocycles. The number of hydrogen-bond acceptors (Lipinski definition) is 6. The number of aliphatic imine (C=N–C) groups is 2. The van der Waals surface area contributed by atoms with E-state index >= 15 is 0 Å². The van der Waals surface area contributed by atoms with Gasteiger partial charge >= 0.3 is 0 Å². The van der Waals surface area contributed by atoms with E-state index in [4.69, 9.17) is 4.99 Å². The van der Waals surface area contributed by atoms with E-state index in [9.17, 15) is 14.0 Å². The monoisotopic (exact) mass is 513 g/mol. The molecule has 9 heteroatoms. The lowest BCUT2D eigenvalue weighted by Gasteiger charge is -2.36. The van der Waals surface area contributed by atoms with Gasteiger partial charge in [-0.05, 0) is 42.0 Å². The first-order valence-corrected chi connectivity index (χ1v) is 13.1. The van der Waals surface area contributed by atoms with Crippen LogP contribution in [0.5, 0.6) is 0 Å². The number of amidine groups is 2. The number of nitrogens with zero attached hydrogens (tertiary/aromatic N) is 5. The third kappa shape index (κ3) is 4.51. The number of hydrogen-bond donors (Lipinski definition) is 0. The molecule has 7 nitrogen and oxygen atoms in total. The van der Waals surface area contributed by atoms with E-state index in [-0.39, 0.29) is 23.4 Å². The fourth-order valence-electron chi connectivity index (χ4n) is 4.87. The summed E-state index contributed by atoms with van der Waals surface area (Å²) in [6.07, 6.45) is 0. The highest BCUT2D eigenvalue weighted by Crippen LogP contribution is 2.39. The maximum atomic E-state index is 13.3. The Morgan fingerprint density at radius 1 is 0.892 bits per heavy atom. The number of piperazine rings is 1. The first kappa shape index (κ1) is 23.4. The van der Waals surface area contributed by atoms with Gasteiger partial charge in [0.05, 0.1) is 11.4 Å². The average molecular weight is 514 g/mol. The maximum absolute atomic E-state index is 13.3. The van der Waals surface area contributed by atoms with Crippen LogP contribution in [0, 0.1) is 5.82 Å². The van der Waals surface area contributed by atoms with Gasteiger partial charge in [0.25, 0.3) is 5.91 Å². The summed E-state index contributed by atoms with van der Waals surface area (Å²) >= 11 is 1.33.